The molecule has 7 heteroatoms. The van der Waals surface area contributed by atoms with Crippen LogP contribution in [-0.4, -0.2) is 29.9 Å². The zero-order valence-electron chi connectivity index (χ0n) is 14.1. The van der Waals surface area contributed by atoms with Gasteiger partial charge in [-0.15, -0.1) is 0 Å². The monoisotopic (exact) mass is 371 g/mol. The normalized spacial score (nSPS) is 11.1. The van der Waals surface area contributed by atoms with E-state index in [1.165, 1.54) is 11.3 Å². The largest absolute Gasteiger partial charge is 0.306 e. The number of hydrogen-bond donors (Lipinski definition) is 0. The van der Waals surface area contributed by atoms with E-state index < -0.39 is 0 Å². The van der Waals surface area contributed by atoms with Gasteiger partial charge in [0.2, 0.25) is 0 Å². The molecule has 1 aromatic carbocycles. The van der Waals surface area contributed by atoms with E-state index in [9.17, 15) is 4.79 Å². The Labute approximate surface area is 158 Å². The summed E-state index contributed by atoms with van der Waals surface area (Å²) in [7, 11) is 0. The second kappa shape index (κ2) is 6.30. The Bertz CT molecular complexity index is 1240. The average molecular weight is 371 g/mol. The van der Waals surface area contributed by atoms with Gasteiger partial charge in [0.15, 0.2) is 11.4 Å². The van der Waals surface area contributed by atoms with Gasteiger partial charge < -0.3 is 4.57 Å². The smallest absolute Gasteiger partial charge is 0.199 e. The van der Waals surface area contributed by atoms with Gasteiger partial charge in [0, 0.05) is 40.8 Å². The highest BCUT2D eigenvalue weighted by Gasteiger charge is 2.18. The van der Waals surface area contributed by atoms with E-state index in [1.807, 2.05) is 51.9 Å². The zero-order chi connectivity index (χ0) is 18.2. The van der Waals surface area contributed by atoms with E-state index in [0.717, 1.165) is 16.9 Å². The number of ketones is 1. The topological polar surface area (TPSA) is 65.1 Å². The predicted molar refractivity (Wildman–Crippen MR) is 103 cm³/mol. The van der Waals surface area contributed by atoms with Crippen LogP contribution >= 0.6 is 11.3 Å². The number of thiophene rings is 1. The highest BCUT2D eigenvalue weighted by Crippen LogP contribution is 2.24. The molecule has 0 aliphatic carbocycles. The highest BCUT2D eigenvalue weighted by atomic mass is 32.1. The van der Waals surface area contributed by atoms with Crippen LogP contribution < -0.4 is 0 Å². The molecule has 4 aromatic heterocycles. The molecule has 0 fully saturated rings. The molecule has 0 N–H and O–H groups in total. The Balaban J connectivity index is 1.63. The van der Waals surface area contributed by atoms with Crippen molar-refractivity contribution in [2.24, 2.45) is 0 Å². The first-order valence-electron chi connectivity index (χ1n) is 8.30. The summed E-state index contributed by atoms with van der Waals surface area (Å²) in [6, 6.07) is 11.8. The van der Waals surface area contributed by atoms with E-state index in [0.29, 0.717) is 16.8 Å². The Morgan fingerprint density at radius 1 is 1.11 bits per heavy atom. The standard InChI is InChI=1S/C20H13N5OS/c26-19(15-5-9-27-12-15)17-11-23-25-18(4-6-22-20(17)25)14-2-1-3-16(10-14)24-8-7-21-13-24/h1-13H. The molecule has 0 unspecified atom stereocenters. The summed E-state index contributed by atoms with van der Waals surface area (Å²) < 4.78 is 3.66. The molecule has 0 spiro atoms. The molecule has 5 aromatic rings. The fourth-order valence-electron chi connectivity index (χ4n) is 3.06. The SMILES string of the molecule is O=C(c1ccsc1)c1cnn2c(-c3cccc(-n4ccnc4)c3)ccnc12. The molecule has 0 radical (unpaired) electrons. The van der Waals surface area contributed by atoms with Crippen LogP contribution in [0.2, 0.25) is 0 Å². The van der Waals surface area contributed by atoms with Crippen LogP contribution in [-0.2, 0) is 0 Å². The Kier molecular flexibility index (Phi) is 3.65. The van der Waals surface area contributed by atoms with E-state index in [-0.39, 0.29) is 5.78 Å². The Hall–Kier alpha value is -3.58. The Morgan fingerprint density at radius 2 is 2.07 bits per heavy atom. The van der Waals surface area contributed by atoms with Gasteiger partial charge in [0.25, 0.3) is 0 Å². The lowest BCUT2D eigenvalue weighted by Crippen LogP contribution is -2.01. The highest BCUT2D eigenvalue weighted by molar-refractivity contribution is 7.08. The van der Waals surface area contributed by atoms with Crippen molar-refractivity contribution in [2.75, 3.05) is 0 Å². The first kappa shape index (κ1) is 15.7. The minimum atomic E-state index is -0.0666. The van der Waals surface area contributed by atoms with Crippen molar-refractivity contribution in [1.29, 1.82) is 0 Å². The van der Waals surface area contributed by atoms with Gasteiger partial charge in [0.1, 0.15) is 0 Å². The number of aromatic nitrogens is 5. The summed E-state index contributed by atoms with van der Waals surface area (Å²) in [6.45, 7) is 0. The van der Waals surface area contributed by atoms with E-state index in [2.05, 4.69) is 21.1 Å². The summed E-state index contributed by atoms with van der Waals surface area (Å²) >= 11 is 1.49. The third-order valence-corrected chi connectivity index (χ3v) is 5.06. The summed E-state index contributed by atoms with van der Waals surface area (Å²) in [6.07, 6.45) is 8.69. The maximum absolute atomic E-state index is 12.7. The maximum Gasteiger partial charge on any atom is 0.199 e. The number of nitrogens with zero attached hydrogens (tertiary/aromatic N) is 5. The quantitative estimate of drug-likeness (QED) is 0.450. The molecule has 0 bridgehead atoms. The fraction of sp³-hybridized carbons (Fsp3) is 0. The lowest BCUT2D eigenvalue weighted by Gasteiger charge is -2.08. The summed E-state index contributed by atoms with van der Waals surface area (Å²) in [5.41, 5.74) is 4.55. The molecule has 5 rings (SSSR count). The molecule has 27 heavy (non-hydrogen) atoms. The second-order valence-electron chi connectivity index (χ2n) is 5.99. The van der Waals surface area contributed by atoms with Crippen molar-refractivity contribution in [2.45, 2.75) is 0 Å². The van der Waals surface area contributed by atoms with Crippen LogP contribution in [0, 0.1) is 0 Å². The van der Waals surface area contributed by atoms with Crippen molar-refractivity contribution in [3.8, 4) is 16.9 Å². The predicted octanol–water partition coefficient (Wildman–Crippen LogP) is 3.87. The van der Waals surface area contributed by atoms with Crippen LogP contribution in [0.5, 0.6) is 0 Å². The molecule has 0 aliphatic rings. The van der Waals surface area contributed by atoms with Gasteiger partial charge in [-0.2, -0.15) is 16.4 Å². The number of rotatable bonds is 4. The molecular formula is C20H13N5OS. The van der Waals surface area contributed by atoms with E-state index >= 15 is 0 Å². The summed E-state index contributed by atoms with van der Waals surface area (Å²) in [4.78, 5) is 21.2. The van der Waals surface area contributed by atoms with Crippen LogP contribution in [0.15, 0.2) is 78.3 Å². The first-order valence-corrected chi connectivity index (χ1v) is 9.24. The minimum absolute atomic E-state index is 0.0666. The van der Waals surface area contributed by atoms with Gasteiger partial charge >= 0.3 is 0 Å². The molecule has 0 saturated heterocycles. The van der Waals surface area contributed by atoms with Crippen molar-refractivity contribution in [3.63, 3.8) is 0 Å². The van der Waals surface area contributed by atoms with Crippen LogP contribution in [0.4, 0.5) is 0 Å². The number of fused-ring (bicyclic) bond motifs is 1. The van der Waals surface area contributed by atoms with Crippen molar-refractivity contribution < 1.29 is 4.79 Å². The van der Waals surface area contributed by atoms with Gasteiger partial charge in [0.05, 0.1) is 23.8 Å². The van der Waals surface area contributed by atoms with Gasteiger partial charge in [-0.3, -0.25) is 4.79 Å². The maximum atomic E-state index is 12.7. The van der Waals surface area contributed by atoms with E-state index in [4.69, 9.17) is 0 Å². The third kappa shape index (κ3) is 2.65. The molecule has 4 heterocycles. The molecular weight excluding hydrogens is 358 g/mol. The molecule has 0 aliphatic heterocycles. The van der Waals surface area contributed by atoms with Gasteiger partial charge in [-0.05, 0) is 29.6 Å². The summed E-state index contributed by atoms with van der Waals surface area (Å²) in [5.74, 6) is -0.0666. The lowest BCUT2D eigenvalue weighted by atomic mass is 10.1. The van der Waals surface area contributed by atoms with E-state index in [1.54, 1.807) is 29.4 Å². The average Bonchev–Trinajstić information content (AvgIpc) is 3.49. The molecule has 6 nitrogen and oxygen atoms in total. The molecule has 0 atom stereocenters. The van der Waals surface area contributed by atoms with Crippen molar-refractivity contribution >= 4 is 22.8 Å². The van der Waals surface area contributed by atoms with Gasteiger partial charge in [-0.1, -0.05) is 12.1 Å². The van der Waals surface area contributed by atoms with Crippen molar-refractivity contribution in [3.05, 3.63) is 89.4 Å². The number of carbonyl (C=O) groups excluding carboxylic acids is 1. The van der Waals surface area contributed by atoms with Crippen LogP contribution in [0.1, 0.15) is 15.9 Å². The fourth-order valence-corrected chi connectivity index (χ4v) is 3.69. The minimum Gasteiger partial charge on any atom is -0.306 e. The second-order valence-corrected chi connectivity index (χ2v) is 6.77. The number of benzene rings is 1. The van der Waals surface area contributed by atoms with Gasteiger partial charge in [-0.25, -0.2) is 14.5 Å². The number of imidazole rings is 1. The van der Waals surface area contributed by atoms with Crippen LogP contribution in [0.3, 0.4) is 0 Å². The Morgan fingerprint density at radius 3 is 2.89 bits per heavy atom. The molecule has 130 valence electrons. The number of carbonyl (C=O) groups is 1. The molecule has 0 saturated carbocycles. The lowest BCUT2D eigenvalue weighted by molar-refractivity contribution is 0.104. The molecule has 0 amide bonds. The summed E-state index contributed by atoms with van der Waals surface area (Å²) in [5, 5.41) is 8.16. The third-order valence-electron chi connectivity index (χ3n) is 4.37. The zero-order valence-corrected chi connectivity index (χ0v) is 14.9. The number of hydrogen-bond acceptors (Lipinski definition) is 5. The van der Waals surface area contributed by atoms with Crippen molar-refractivity contribution in [1.82, 2.24) is 24.1 Å². The first-order chi connectivity index (χ1) is 13.3. The van der Waals surface area contributed by atoms with Crippen LogP contribution in [0.25, 0.3) is 22.6 Å².